The molecule has 0 radical (unpaired) electrons. The van der Waals surface area contributed by atoms with Crippen LogP contribution in [0.15, 0.2) is 36.4 Å². The zero-order valence-corrected chi connectivity index (χ0v) is 11.6. The average Bonchev–Trinajstić information content (AvgIpc) is 2.82. The number of benzene rings is 1. The van der Waals surface area contributed by atoms with Gasteiger partial charge in [0, 0.05) is 20.0 Å². The van der Waals surface area contributed by atoms with Crippen LogP contribution in [0.4, 0.5) is 5.82 Å². The van der Waals surface area contributed by atoms with E-state index in [1.165, 1.54) is 11.1 Å². The van der Waals surface area contributed by atoms with Gasteiger partial charge in [0.2, 0.25) is 0 Å². The fourth-order valence-electron chi connectivity index (χ4n) is 2.82. The van der Waals surface area contributed by atoms with Gasteiger partial charge in [-0.15, -0.1) is 0 Å². The van der Waals surface area contributed by atoms with Crippen LogP contribution in [0.1, 0.15) is 22.9 Å². The Morgan fingerprint density at radius 1 is 1.10 bits per heavy atom. The van der Waals surface area contributed by atoms with Crippen molar-refractivity contribution in [1.82, 2.24) is 15.0 Å². The molecule has 3 aromatic rings. The molecule has 0 saturated heterocycles. The van der Waals surface area contributed by atoms with Crippen molar-refractivity contribution in [2.45, 2.75) is 12.3 Å². The first-order valence-corrected chi connectivity index (χ1v) is 6.84. The molecule has 0 fully saturated rings. The maximum Gasteiger partial charge on any atom is 0.179 e. The number of aromatic amines is 1. The Bertz CT molecular complexity index is 788. The molecule has 0 spiro atoms. The van der Waals surface area contributed by atoms with Crippen molar-refractivity contribution >= 4 is 17.0 Å². The van der Waals surface area contributed by atoms with Crippen LogP contribution in [0.25, 0.3) is 11.2 Å². The Labute approximate surface area is 117 Å². The van der Waals surface area contributed by atoms with E-state index in [1.54, 1.807) is 0 Å². The molecule has 4 nitrogen and oxygen atoms in total. The lowest BCUT2D eigenvalue weighted by Gasteiger charge is -2.28. The van der Waals surface area contributed by atoms with Crippen LogP contribution in [0.2, 0.25) is 0 Å². The summed E-state index contributed by atoms with van der Waals surface area (Å²) in [5.74, 6) is 2.36. The van der Waals surface area contributed by atoms with Gasteiger partial charge in [0.15, 0.2) is 5.65 Å². The van der Waals surface area contributed by atoms with Gasteiger partial charge in [-0.1, -0.05) is 24.3 Å². The van der Waals surface area contributed by atoms with E-state index < -0.39 is 0 Å². The molecule has 4 heteroatoms. The van der Waals surface area contributed by atoms with E-state index in [1.807, 2.05) is 25.1 Å². The number of hydrogen-bond acceptors (Lipinski definition) is 3. The summed E-state index contributed by atoms with van der Waals surface area (Å²) in [6, 6.07) is 12.6. The van der Waals surface area contributed by atoms with Crippen LogP contribution in [-0.4, -0.2) is 29.0 Å². The van der Waals surface area contributed by atoms with Crippen LogP contribution in [0, 0.1) is 0 Å². The molecule has 1 atom stereocenters. The summed E-state index contributed by atoms with van der Waals surface area (Å²) in [6.07, 6.45) is 1.07. The van der Waals surface area contributed by atoms with E-state index in [0.29, 0.717) is 5.92 Å². The van der Waals surface area contributed by atoms with Gasteiger partial charge in [0.1, 0.15) is 11.6 Å². The predicted octanol–water partition coefficient (Wildman–Crippen LogP) is 2.71. The van der Waals surface area contributed by atoms with Crippen molar-refractivity contribution in [2.75, 3.05) is 19.0 Å². The quantitative estimate of drug-likeness (QED) is 0.774. The first-order chi connectivity index (χ1) is 9.72. The van der Waals surface area contributed by atoms with Crippen LogP contribution in [0.5, 0.6) is 0 Å². The van der Waals surface area contributed by atoms with E-state index in [-0.39, 0.29) is 0 Å². The lowest BCUT2D eigenvalue weighted by atomic mass is 9.77. The molecule has 2 heterocycles. The lowest BCUT2D eigenvalue weighted by molar-refractivity contribution is 0.671. The first kappa shape index (κ1) is 11.5. The molecule has 0 bridgehead atoms. The normalized spacial score (nSPS) is 16.8. The van der Waals surface area contributed by atoms with Crippen molar-refractivity contribution in [3.05, 3.63) is 53.3 Å². The Hall–Kier alpha value is -2.36. The van der Waals surface area contributed by atoms with Crippen LogP contribution in [0.3, 0.4) is 0 Å². The number of fused-ring (bicyclic) bond motifs is 2. The molecular formula is C16H16N4. The highest BCUT2D eigenvalue weighted by Crippen LogP contribution is 2.39. The van der Waals surface area contributed by atoms with Crippen molar-refractivity contribution in [3.8, 4) is 0 Å². The van der Waals surface area contributed by atoms with Gasteiger partial charge in [-0.2, -0.15) is 0 Å². The number of rotatable bonds is 2. The molecule has 0 amide bonds. The number of anilines is 1. The number of aromatic nitrogens is 3. The molecule has 1 N–H and O–H groups in total. The zero-order chi connectivity index (χ0) is 13.7. The Balaban J connectivity index is 1.76. The van der Waals surface area contributed by atoms with Gasteiger partial charge in [-0.05, 0) is 29.7 Å². The van der Waals surface area contributed by atoms with Gasteiger partial charge in [-0.3, -0.25) is 0 Å². The zero-order valence-electron chi connectivity index (χ0n) is 11.6. The number of imidazole rings is 1. The number of nitrogens with one attached hydrogen (secondary N) is 1. The van der Waals surface area contributed by atoms with E-state index in [9.17, 15) is 0 Å². The molecule has 1 aliphatic rings. The van der Waals surface area contributed by atoms with Crippen molar-refractivity contribution in [3.63, 3.8) is 0 Å². The molecular weight excluding hydrogens is 248 g/mol. The third kappa shape index (κ3) is 1.61. The fraction of sp³-hybridized carbons (Fsp3) is 0.250. The third-order valence-electron chi connectivity index (χ3n) is 3.99. The van der Waals surface area contributed by atoms with E-state index in [4.69, 9.17) is 0 Å². The topological polar surface area (TPSA) is 44.8 Å². The van der Waals surface area contributed by atoms with Crippen LogP contribution in [-0.2, 0) is 6.42 Å². The molecule has 20 heavy (non-hydrogen) atoms. The number of H-pyrrole nitrogens is 1. The minimum atomic E-state index is 0.392. The average molecular weight is 264 g/mol. The highest BCUT2D eigenvalue weighted by Gasteiger charge is 2.29. The molecule has 1 aliphatic carbocycles. The third-order valence-corrected chi connectivity index (χ3v) is 3.99. The van der Waals surface area contributed by atoms with E-state index in [0.717, 1.165) is 29.2 Å². The summed E-state index contributed by atoms with van der Waals surface area (Å²) in [6.45, 7) is 0. The predicted molar refractivity (Wildman–Crippen MR) is 80.2 cm³/mol. The van der Waals surface area contributed by atoms with Crippen LogP contribution >= 0.6 is 0 Å². The minimum absolute atomic E-state index is 0.392. The smallest absolute Gasteiger partial charge is 0.179 e. The highest BCUT2D eigenvalue weighted by molar-refractivity contribution is 5.73. The summed E-state index contributed by atoms with van der Waals surface area (Å²) >= 11 is 0. The standard InChI is InChI=1S/C16H16N4/c1-20(2)14-8-7-13-16(18-14)19-15(17-13)12-9-10-5-3-4-6-11(10)12/h3-8,12H,9H2,1-2H3,(H,17,18,19). The Morgan fingerprint density at radius 2 is 1.95 bits per heavy atom. The summed E-state index contributed by atoms with van der Waals surface area (Å²) in [5.41, 5.74) is 4.63. The Morgan fingerprint density at radius 3 is 2.75 bits per heavy atom. The van der Waals surface area contributed by atoms with Gasteiger partial charge >= 0.3 is 0 Å². The second kappa shape index (κ2) is 4.07. The molecule has 2 aromatic heterocycles. The van der Waals surface area contributed by atoms with E-state index >= 15 is 0 Å². The largest absolute Gasteiger partial charge is 0.363 e. The monoisotopic (exact) mass is 264 g/mol. The van der Waals surface area contributed by atoms with Crippen molar-refractivity contribution < 1.29 is 0 Å². The fourth-order valence-corrected chi connectivity index (χ4v) is 2.82. The van der Waals surface area contributed by atoms with Gasteiger partial charge in [0.25, 0.3) is 0 Å². The molecule has 4 rings (SSSR count). The Kier molecular flexibility index (Phi) is 2.33. The number of pyridine rings is 1. The van der Waals surface area contributed by atoms with Gasteiger partial charge in [-0.25, -0.2) is 9.97 Å². The van der Waals surface area contributed by atoms with Crippen molar-refractivity contribution in [1.29, 1.82) is 0 Å². The molecule has 0 aliphatic heterocycles. The number of nitrogens with zero attached hydrogens (tertiary/aromatic N) is 3. The molecule has 0 saturated carbocycles. The van der Waals surface area contributed by atoms with Gasteiger partial charge < -0.3 is 9.88 Å². The second-order valence-corrected chi connectivity index (χ2v) is 5.51. The SMILES string of the molecule is CN(C)c1ccc2[nH]c(C3Cc4ccccc43)nc2n1. The lowest BCUT2D eigenvalue weighted by Crippen LogP contribution is -2.19. The van der Waals surface area contributed by atoms with E-state index in [2.05, 4.69) is 45.3 Å². The summed E-state index contributed by atoms with van der Waals surface area (Å²) in [4.78, 5) is 14.7. The molecule has 1 unspecified atom stereocenters. The molecule has 1 aromatic carbocycles. The maximum absolute atomic E-state index is 4.68. The first-order valence-electron chi connectivity index (χ1n) is 6.84. The van der Waals surface area contributed by atoms with Crippen molar-refractivity contribution in [2.24, 2.45) is 0 Å². The van der Waals surface area contributed by atoms with Crippen LogP contribution < -0.4 is 4.90 Å². The second-order valence-electron chi connectivity index (χ2n) is 5.51. The summed E-state index contributed by atoms with van der Waals surface area (Å²) in [7, 11) is 3.98. The summed E-state index contributed by atoms with van der Waals surface area (Å²) < 4.78 is 0. The minimum Gasteiger partial charge on any atom is -0.363 e. The molecule has 100 valence electrons. The van der Waals surface area contributed by atoms with Gasteiger partial charge in [0.05, 0.1) is 5.52 Å². The summed E-state index contributed by atoms with van der Waals surface area (Å²) in [5, 5.41) is 0. The maximum atomic E-state index is 4.68. The highest BCUT2D eigenvalue weighted by atomic mass is 15.1. The number of hydrogen-bond donors (Lipinski definition) is 1.